The summed E-state index contributed by atoms with van der Waals surface area (Å²) in [6.07, 6.45) is 3.44. The minimum atomic E-state index is -0.542. The van der Waals surface area contributed by atoms with Crippen LogP contribution in [0.15, 0.2) is 24.3 Å². The van der Waals surface area contributed by atoms with Crippen molar-refractivity contribution in [1.29, 1.82) is 0 Å². The van der Waals surface area contributed by atoms with Crippen molar-refractivity contribution in [2.75, 3.05) is 13.1 Å². The smallest absolute Gasteiger partial charge is 0.225 e. The first-order chi connectivity index (χ1) is 11.0. The largest absolute Gasteiger partial charge is 0.391 e. The molecule has 1 aromatic carbocycles. The highest BCUT2D eigenvalue weighted by Crippen LogP contribution is 2.29. The summed E-state index contributed by atoms with van der Waals surface area (Å²) in [7, 11) is 0. The number of hydrogen-bond acceptors (Lipinski definition) is 3. The van der Waals surface area contributed by atoms with Gasteiger partial charge in [0.1, 0.15) is 5.82 Å². The molecule has 0 bridgehead atoms. The minimum absolute atomic E-state index is 0. The second-order valence-electron chi connectivity index (χ2n) is 7.00. The number of rotatable bonds is 3. The number of carbonyl (C=O) groups excluding carboxylic acids is 1. The lowest BCUT2D eigenvalue weighted by Crippen LogP contribution is -2.41. The Morgan fingerprint density at radius 2 is 1.83 bits per heavy atom. The van der Waals surface area contributed by atoms with Crippen molar-refractivity contribution in [2.24, 2.45) is 17.6 Å². The molecule has 0 spiro atoms. The molecule has 0 unspecified atom stereocenters. The van der Waals surface area contributed by atoms with Crippen molar-refractivity contribution in [3.8, 4) is 0 Å². The highest BCUT2D eigenvalue weighted by molar-refractivity contribution is 5.85. The van der Waals surface area contributed by atoms with E-state index in [0.717, 1.165) is 37.9 Å². The minimum Gasteiger partial charge on any atom is -0.391 e. The molecule has 3 N–H and O–H groups in total. The first-order valence-corrected chi connectivity index (χ1v) is 8.50. The average Bonchev–Trinajstić information content (AvgIpc) is 2.89. The molecule has 1 aliphatic carbocycles. The van der Waals surface area contributed by atoms with Gasteiger partial charge in [-0.2, -0.15) is 0 Å². The fourth-order valence-electron chi connectivity index (χ4n) is 3.82. The summed E-state index contributed by atoms with van der Waals surface area (Å²) in [4.78, 5) is 14.4. The summed E-state index contributed by atoms with van der Waals surface area (Å²) in [6, 6.07) is 6.42. The van der Waals surface area contributed by atoms with Gasteiger partial charge in [-0.05, 0) is 55.7 Å². The molecule has 1 aliphatic heterocycles. The summed E-state index contributed by atoms with van der Waals surface area (Å²) in [5.74, 6) is 0.373. The Hall–Kier alpha value is -1.17. The molecule has 134 valence electrons. The number of benzene rings is 1. The highest BCUT2D eigenvalue weighted by atomic mass is 35.5. The zero-order valence-electron chi connectivity index (χ0n) is 13.7. The van der Waals surface area contributed by atoms with Gasteiger partial charge < -0.3 is 15.7 Å². The van der Waals surface area contributed by atoms with Crippen molar-refractivity contribution in [3.05, 3.63) is 35.6 Å². The second-order valence-corrected chi connectivity index (χ2v) is 7.00. The number of aliphatic hydroxyl groups is 1. The number of carbonyl (C=O) groups is 1. The van der Waals surface area contributed by atoms with Gasteiger partial charge in [-0.15, -0.1) is 12.4 Å². The molecule has 4 nitrogen and oxygen atoms in total. The quantitative estimate of drug-likeness (QED) is 0.871. The van der Waals surface area contributed by atoms with Gasteiger partial charge in [0.15, 0.2) is 0 Å². The zero-order valence-corrected chi connectivity index (χ0v) is 14.6. The third-order valence-corrected chi connectivity index (χ3v) is 5.29. The second kappa shape index (κ2) is 8.28. The lowest BCUT2D eigenvalue weighted by atomic mass is 9.89. The third-order valence-electron chi connectivity index (χ3n) is 5.29. The molecule has 1 amide bonds. The number of likely N-dealkylation sites (tertiary alicyclic amines) is 1. The van der Waals surface area contributed by atoms with Gasteiger partial charge in [-0.1, -0.05) is 12.1 Å². The number of nitrogens with zero attached hydrogens (tertiary/aromatic N) is 1. The van der Waals surface area contributed by atoms with Gasteiger partial charge in [0.25, 0.3) is 0 Å². The molecule has 1 saturated heterocycles. The Labute approximate surface area is 148 Å². The van der Waals surface area contributed by atoms with Crippen LogP contribution in [0.25, 0.3) is 0 Å². The van der Waals surface area contributed by atoms with Crippen LogP contribution in [0.3, 0.4) is 0 Å². The molecule has 2 fully saturated rings. The average molecular weight is 357 g/mol. The fraction of sp³-hybridized carbons (Fsp3) is 0.611. The van der Waals surface area contributed by atoms with Crippen LogP contribution >= 0.6 is 12.4 Å². The SMILES string of the molecule is Cl.N[C@H]1C[C@H](C(=O)N2CCC(Cc3ccc(F)cc3)CC2)C[C@@H]1O. The lowest BCUT2D eigenvalue weighted by Gasteiger charge is -2.33. The first kappa shape index (κ1) is 19.2. The molecule has 2 aliphatic rings. The van der Waals surface area contributed by atoms with E-state index in [-0.39, 0.29) is 36.1 Å². The zero-order chi connectivity index (χ0) is 16.4. The van der Waals surface area contributed by atoms with E-state index in [1.165, 1.54) is 12.1 Å². The number of nitrogens with two attached hydrogens (primary N) is 1. The summed E-state index contributed by atoms with van der Waals surface area (Å²) in [5, 5.41) is 9.72. The predicted octanol–water partition coefficient (Wildman–Crippen LogP) is 2.13. The van der Waals surface area contributed by atoms with Gasteiger partial charge >= 0.3 is 0 Å². The number of halogens is 2. The van der Waals surface area contributed by atoms with E-state index >= 15 is 0 Å². The van der Waals surface area contributed by atoms with Crippen LogP contribution in [0, 0.1) is 17.7 Å². The van der Waals surface area contributed by atoms with Crippen molar-refractivity contribution >= 4 is 18.3 Å². The molecule has 0 radical (unpaired) electrons. The summed E-state index contributed by atoms with van der Waals surface area (Å²) >= 11 is 0. The van der Waals surface area contributed by atoms with Crippen LogP contribution in [0.4, 0.5) is 4.39 Å². The Kier molecular flexibility index (Phi) is 6.61. The molecule has 1 heterocycles. The summed E-state index contributed by atoms with van der Waals surface area (Å²) in [6.45, 7) is 1.54. The Balaban J connectivity index is 0.00000208. The van der Waals surface area contributed by atoms with E-state index in [4.69, 9.17) is 5.73 Å². The van der Waals surface area contributed by atoms with E-state index < -0.39 is 6.10 Å². The number of piperidine rings is 1. The van der Waals surface area contributed by atoms with E-state index in [1.54, 1.807) is 0 Å². The van der Waals surface area contributed by atoms with Gasteiger partial charge in [0.2, 0.25) is 5.91 Å². The van der Waals surface area contributed by atoms with Crippen molar-refractivity contribution in [1.82, 2.24) is 4.90 Å². The normalized spacial score (nSPS) is 27.8. The highest BCUT2D eigenvalue weighted by Gasteiger charge is 2.37. The number of amides is 1. The molecule has 3 atom stereocenters. The van der Waals surface area contributed by atoms with Gasteiger partial charge in [-0.25, -0.2) is 4.39 Å². The maximum absolute atomic E-state index is 12.9. The van der Waals surface area contributed by atoms with E-state index in [1.807, 2.05) is 17.0 Å². The van der Waals surface area contributed by atoms with Gasteiger partial charge in [0, 0.05) is 25.0 Å². The van der Waals surface area contributed by atoms with Gasteiger partial charge in [0.05, 0.1) is 6.10 Å². The molecule has 24 heavy (non-hydrogen) atoms. The van der Waals surface area contributed by atoms with Crippen LogP contribution in [-0.2, 0) is 11.2 Å². The maximum Gasteiger partial charge on any atom is 0.225 e. The molecule has 6 heteroatoms. The summed E-state index contributed by atoms with van der Waals surface area (Å²) in [5.41, 5.74) is 6.96. The van der Waals surface area contributed by atoms with Gasteiger partial charge in [-0.3, -0.25) is 4.79 Å². The van der Waals surface area contributed by atoms with Crippen LogP contribution in [0.5, 0.6) is 0 Å². The van der Waals surface area contributed by atoms with Crippen molar-refractivity contribution < 1.29 is 14.3 Å². The topological polar surface area (TPSA) is 66.6 Å². The van der Waals surface area contributed by atoms with Crippen molar-refractivity contribution in [2.45, 2.75) is 44.2 Å². The van der Waals surface area contributed by atoms with Crippen molar-refractivity contribution in [3.63, 3.8) is 0 Å². The molecular weight excluding hydrogens is 331 g/mol. The van der Waals surface area contributed by atoms with Crippen LogP contribution in [0.2, 0.25) is 0 Å². The van der Waals surface area contributed by atoms with E-state index in [9.17, 15) is 14.3 Å². The Morgan fingerprint density at radius 3 is 2.38 bits per heavy atom. The number of hydrogen-bond donors (Lipinski definition) is 2. The Bertz CT molecular complexity index is 536. The van der Waals surface area contributed by atoms with Crippen LogP contribution < -0.4 is 5.73 Å². The van der Waals surface area contributed by atoms with Crippen LogP contribution in [-0.4, -0.2) is 41.1 Å². The molecular formula is C18H26ClFN2O2. The maximum atomic E-state index is 12.9. The molecule has 1 aromatic rings. The van der Waals surface area contributed by atoms with Crippen LogP contribution in [0.1, 0.15) is 31.2 Å². The first-order valence-electron chi connectivity index (χ1n) is 8.50. The molecule has 3 rings (SSSR count). The monoisotopic (exact) mass is 356 g/mol. The molecule has 0 aromatic heterocycles. The lowest BCUT2D eigenvalue weighted by molar-refractivity contribution is -0.137. The number of aliphatic hydroxyl groups excluding tert-OH is 1. The van der Waals surface area contributed by atoms with E-state index in [0.29, 0.717) is 18.8 Å². The summed E-state index contributed by atoms with van der Waals surface area (Å²) < 4.78 is 12.9. The van der Waals surface area contributed by atoms with E-state index in [2.05, 4.69) is 0 Å². The third kappa shape index (κ3) is 4.47. The standard InChI is InChI=1S/C18H25FN2O2.ClH/c19-15-3-1-12(2-4-15)9-13-5-7-21(8-6-13)18(23)14-10-16(20)17(22)11-14;/h1-4,13-14,16-17,22H,5-11,20H2;1H/t14-,16-,17-;/m0./s1. The molecule has 1 saturated carbocycles. The Morgan fingerprint density at radius 1 is 1.21 bits per heavy atom. The predicted molar refractivity (Wildman–Crippen MR) is 93.4 cm³/mol. The fourth-order valence-corrected chi connectivity index (χ4v) is 3.82.